The van der Waals surface area contributed by atoms with E-state index >= 15 is 0 Å². The number of halogens is 1. The van der Waals surface area contributed by atoms with Gasteiger partial charge in [-0.05, 0) is 48.9 Å². The van der Waals surface area contributed by atoms with E-state index in [2.05, 4.69) is 5.32 Å². The minimum atomic E-state index is -3.83. The molecule has 0 unspecified atom stereocenters. The smallest absolute Gasteiger partial charge is 0.238 e. The molecule has 2 aromatic carbocycles. The first-order valence-corrected chi connectivity index (χ1v) is 9.60. The van der Waals surface area contributed by atoms with Crippen LogP contribution < -0.4 is 10.5 Å². The number of hydrogen-bond acceptors (Lipinski definition) is 4. The third-order valence-electron chi connectivity index (χ3n) is 3.19. The predicted octanol–water partition coefficient (Wildman–Crippen LogP) is 2.90. The van der Waals surface area contributed by atoms with Gasteiger partial charge in [0, 0.05) is 22.8 Å². The molecule has 0 atom stereocenters. The second-order valence-corrected chi connectivity index (χ2v) is 7.82. The van der Waals surface area contributed by atoms with Gasteiger partial charge < -0.3 is 5.32 Å². The van der Waals surface area contributed by atoms with Gasteiger partial charge in [-0.2, -0.15) is 0 Å². The highest BCUT2D eigenvalue weighted by Gasteiger charge is 2.13. The number of aryl methyl sites for hydroxylation is 1. The fourth-order valence-corrected chi connectivity index (χ4v) is 3.66. The van der Waals surface area contributed by atoms with E-state index < -0.39 is 10.0 Å². The molecule has 1 amide bonds. The fourth-order valence-electron chi connectivity index (χ4n) is 2.00. The summed E-state index contributed by atoms with van der Waals surface area (Å²) in [5.41, 5.74) is 0.892. The van der Waals surface area contributed by atoms with Crippen molar-refractivity contribution >= 4 is 33.4 Å². The zero-order valence-electron chi connectivity index (χ0n) is 13.0. The van der Waals surface area contributed by atoms with Crippen LogP contribution in [0.2, 0.25) is 0 Å². The number of primary sulfonamides is 1. The molecule has 0 spiro atoms. The summed E-state index contributed by atoms with van der Waals surface area (Å²) in [4.78, 5) is 12.8. The molecule has 0 bridgehead atoms. The zero-order valence-corrected chi connectivity index (χ0v) is 14.6. The summed E-state index contributed by atoms with van der Waals surface area (Å²) in [7, 11) is -3.83. The van der Waals surface area contributed by atoms with Crippen LogP contribution in [0.3, 0.4) is 0 Å². The Labute approximate surface area is 144 Å². The summed E-state index contributed by atoms with van der Waals surface area (Å²) in [5, 5.41) is 7.79. The van der Waals surface area contributed by atoms with Crippen LogP contribution in [0.5, 0.6) is 0 Å². The molecule has 0 aliphatic heterocycles. The van der Waals surface area contributed by atoms with Crippen LogP contribution in [0, 0.1) is 12.7 Å². The molecular formula is C16H17FN2O3S2. The Hall–Kier alpha value is -1.90. The van der Waals surface area contributed by atoms with Crippen LogP contribution in [0.4, 0.5) is 10.1 Å². The summed E-state index contributed by atoms with van der Waals surface area (Å²) < 4.78 is 35.8. The molecule has 8 heteroatoms. The number of amides is 1. The van der Waals surface area contributed by atoms with Gasteiger partial charge in [0.1, 0.15) is 5.82 Å². The number of benzene rings is 2. The molecule has 0 fully saturated rings. The minimum absolute atomic E-state index is 0.0130. The molecule has 0 radical (unpaired) electrons. The lowest BCUT2D eigenvalue weighted by Crippen LogP contribution is -2.16. The van der Waals surface area contributed by atoms with Crippen LogP contribution >= 0.6 is 11.8 Å². The van der Waals surface area contributed by atoms with Crippen LogP contribution in [-0.2, 0) is 14.8 Å². The third-order valence-corrected chi connectivity index (χ3v) is 5.26. The molecule has 0 heterocycles. The molecule has 0 aromatic heterocycles. The second-order valence-electron chi connectivity index (χ2n) is 5.13. The first-order valence-electron chi connectivity index (χ1n) is 7.07. The van der Waals surface area contributed by atoms with Crippen molar-refractivity contribution < 1.29 is 17.6 Å². The molecule has 5 nitrogen and oxygen atoms in total. The van der Waals surface area contributed by atoms with Crippen molar-refractivity contribution in [3.8, 4) is 0 Å². The Bertz CT molecular complexity index is 837. The van der Waals surface area contributed by atoms with Crippen molar-refractivity contribution in [2.75, 3.05) is 11.1 Å². The Morgan fingerprint density at radius 1 is 1.21 bits per heavy atom. The molecular weight excluding hydrogens is 351 g/mol. The molecule has 2 aromatic rings. The molecule has 0 aliphatic rings. The van der Waals surface area contributed by atoms with Crippen molar-refractivity contribution in [1.82, 2.24) is 0 Å². The maximum absolute atomic E-state index is 12.8. The Morgan fingerprint density at radius 2 is 1.88 bits per heavy atom. The summed E-state index contributed by atoms with van der Waals surface area (Å²) in [6.07, 6.45) is 0.237. The topological polar surface area (TPSA) is 89.3 Å². The highest BCUT2D eigenvalue weighted by atomic mass is 32.2. The number of hydrogen-bond donors (Lipinski definition) is 2. The number of carbonyl (C=O) groups excluding carboxylic acids is 1. The molecule has 2 rings (SSSR count). The zero-order chi connectivity index (χ0) is 17.7. The molecule has 0 saturated heterocycles. The van der Waals surface area contributed by atoms with E-state index in [0.717, 1.165) is 4.90 Å². The number of anilines is 1. The van der Waals surface area contributed by atoms with E-state index in [9.17, 15) is 17.6 Å². The Kier molecular flexibility index (Phi) is 5.98. The molecule has 3 N–H and O–H groups in total. The average molecular weight is 368 g/mol. The Balaban J connectivity index is 1.92. The number of nitrogens with one attached hydrogen (secondary N) is 1. The van der Waals surface area contributed by atoms with Crippen LogP contribution in [0.15, 0.2) is 52.3 Å². The van der Waals surface area contributed by atoms with E-state index in [1.54, 1.807) is 31.2 Å². The van der Waals surface area contributed by atoms with Crippen LogP contribution in [0.25, 0.3) is 0 Å². The van der Waals surface area contributed by atoms with Crippen molar-refractivity contribution in [2.24, 2.45) is 5.14 Å². The summed E-state index contributed by atoms with van der Waals surface area (Å²) in [6, 6.07) is 10.6. The van der Waals surface area contributed by atoms with Gasteiger partial charge >= 0.3 is 0 Å². The maximum Gasteiger partial charge on any atom is 0.238 e. The van der Waals surface area contributed by atoms with Gasteiger partial charge in [-0.15, -0.1) is 11.8 Å². The summed E-state index contributed by atoms with van der Waals surface area (Å²) >= 11 is 1.43. The van der Waals surface area contributed by atoms with Crippen LogP contribution in [-0.4, -0.2) is 20.1 Å². The summed E-state index contributed by atoms with van der Waals surface area (Å²) in [5.74, 6) is -0.0262. The summed E-state index contributed by atoms with van der Waals surface area (Å²) in [6.45, 7) is 1.63. The highest BCUT2D eigenvalue weighted by molar-refractivity contribution is 7.99. The van der Waals surface area contributed by atoms with Gasteiger partial charge in [-0.3, -0.25) is 4.79 Å². The lowest BCUT2D eigenvalue weighted by Gasteiger charge is -2.09. The Morgan fingerprint density at radius 3 is 2.50 bits per heavy atom. The number of rotatable bonds is 6. The second kappa shape index (κ2) is 7.78. The van der Waals surface area contributed by atoms with Crippen LogP contribution in [0.1, 0.15) is 12.0 Å². The van der Waals surface area contributed by atoms with E-state index in [4.69, 9.17) is 5.14 Å². The lowest BCUT2D eigenvalue weighted by molar-refractivity contribution is -0.115. The van der Waals surface area contributed by atoms with Gasteiger partial charge in [-0.1, -0.05) is 6.07 Å². The molecule has 24 heavy (non-hydrogen) atoms. The first-order chi connectivity index (χ1) is 11.3. The fraction of sp³-hybridized carbons (Fsp3) is 0.188. The largest absolute Gasteiger partial charge is 0.326 e. The van der Waals surface area contributed by atoms with E-state index in [-0.39, 0.29) is 23.0 Å². The predicted molar refractivity (Wildman–Crippen MR) is 92.9 cm³/mol. The minimum Gasteiger partial charge on any atom is -0.326 e. The lowest BCUT2D eigenvalue weighted by atomic mass is 10.2. The van der Waals surface area contributed by atoms with Gasteiger partial charge in [-0.25, -0.2) is 17.9 Å². The normalized spacial score (nSPS) is 11.3. The standard InChI is InChI=1S/C16H17FN2O3S2/c1-11-2-5-13(10-15(11)24(18,21)22)19-16(20)8-9-23-14-6-3-12(17)4-7-14/h2-7,10H,8-9H2,1H3,(H,19,20)(H2,18,21,22). The highest BCUT2D eigenvalue weighted by Crippen LogP contribution is 2.21. The van der Waals surface area contributed by atoms with Gasteiger partial charge in [0.15, 0.2) is 0 Å². The maximum atomic E-state index is 12.8. The van der Waals surface area contributed by atoms with Gasteiger partial charge in [0.25, 0.3) is 0 Å². The number of nitrogens with two attached hydrogens (primary N) is 1. The first kappa shape index (κ1) is 18.4. The molecule has 128 valence electrons. The van der Waals surface area contributed by atoms with Crippen molar-refractivity contribution in [3.63, 3.8) is 0 Å². The third kappa shape index (κ3) is 5.33. The van der Waals surface area contributed by atoms with Crippen molar-refractivity contribution in [1.29, 1.82) is 0 Å². The van der Waals surface area contributed by atoms with E-state index in [0.29, 0.717) is 17.0 Å². The quantitative estimate of drug-likeness (QED) is 0.767. The SMILES string of the molecule is Cc1ccc(NC(=O)CCSc2ccc(F)cc2)cc1S(N)(=O)=O. The van der Waals surface area contributed by atoms with Crippen molar-refractivity contribution in [3.05, 3.63) is 53.8 Å². The van der Waals surface area contributed by atoms with Gasteiger partial charge in [0.05, 0.1) is 4.90 Å². The molecule has 0 saturated carbocycles. The van der Waals surface area contributed by atoms with Gasteiger partial charge in [0.2, 0.25) is 15.9 Å². The van der Waals surface area contributed by atoms with Crippen molar-refractivity contribution in [2.45, 2.75) is 23.1 Å². The molecule has 0 aliphatic carbocycles. The van der Waals surface area contributed by atoms with E-state index in [1.165, 1.54) is 30.0 Å². The number of sulfonamides is 1. The average Bonchev–Trinajstić information content (AvgIpc) is 2.50. The monoisotopic (exact) mass is 368 g/mol. The number of thioether (sulfide) groups is 1. The van der Waals surface area contributed by atoms with E-state index in [1.807, 2.05) is 0 Å². The number of carbonyl (C=O) groups is 1.